The first kappa shape index (κ1) is 13.2. The number of nitrogens with zero attached hydrogens (tertiary/aromatic N) is 2. The quantitative estimate of drug-likeness (QED) is 0.763. The second-order valence-electron chi connectivity index (χ2n) is 5.37. The van der Waals surface area contributed by atoms with Crippen molar-refractivity contribution in [2.45, 2.75) is 44.6 Å². The fraction of sp³-hybridized carbons (Fsp3) is 0.846. The van der Waals surface area contributed by atoms with Crippen LogP contribution in [0.5, 0.6) is 0 Å². The summed E-state index contributed by atoms with van der Waals surface area (Å²) in [5, 5.41) is 3.07. The van der Waals surface area contributed by atoms with Crippen LogP contribution in [0, 0.1) is 0 Å². The fourth-order valence-corrected chi connectivity index (χ4v) is 2.67. The molecule has 0 radical (unpaired) electrons. The largest absolute Gasteiger partial charge is 0.344 e. The van der Waals surface area contributed by atoms with Gasteiger partial charge in [0, 0.05) is 26.2 Å². The normalized spacial score (nSPS) is 22.8. The predicted molar refractivity (Wildman–Crippen MR) is 69.2 cm³/mol. The molecule has 0 aromatic carbocycles. The van der Waals surface area contributed by atoms with Gasteiger partial charge >= 0.3 is 6.03 Å². The zero-order valence-electron chi connectivity index (χ0n) is 11.2. The molecule has 18 heavy (non-hydrogen) atoms. The number of rotatable bonds is 1. The Bertz CT molecular complexity index is 313. The summed E-state index contributed by atoms with van der Waals surface area (Å²) in [5.41, 5.74) is 0. The van der Waals surface area contributed by atoms with E-state index in [0.29, 0.717) is 12.6 Å². The molecule has 3 amide bonds. The van der Waals surface area contributed by atoms with E-state index in [-0.39, 0.29) is 18.5 Å². The van der Waals surface area contributed by atoms with Gasteiger partial charge in [0.1, 0.15) is 6.54 Å². The monoisotopic (exact) mass is 253 g/mol. The summed E-state index contributed by atoms with van der Waals surface area (Å²) in [6.45, 7) is 1.63. The fourth-order valence-electron chi connectivity index (χ4n) is 2.67. The van der Waals surface area contributed by atoms with Crippen molar-refractivity contribution in [2.75, 3.05) is 26.7 Å². The molecule has 5 nitrogen and oxygen atoms in total. The molecule has 0 spiro atoms. The molecule has 0 atom stereocenters. The molecule has 1 saturated carbocycles. The lowest BCUT2D eigenvalue weighted by atomic mass is 9.96. The predicted octanol–water partition coefficient (Wildman–Crippen LogP) is 1.19. The molecule has 0 unspecified atom stereocenters. The summed E-state index contributed by atoms with van der Waals surface area (Å²) < 4.78 is 0. The van der Waals surface area contributed by atoms with Crippen molar-refractivity contribution >= 4 is 11.9 Å². The Labute approximate surface area is 108 Å². The highest BCUT2D eigenvalue weighted by atomic mass is 16.2. The Hall–Kier alpha value is -1.26. The lowest BCUT2D eigenvalue weighted by Crippen LogP contribution is -2.47. The minimum absolute atomic E-state index is 0.0336. The van der Waals surface area contributed by atoms with Crippen molar-refractivity contribution in [2.24, 2.45) is 0 Å². The van der Waals surface area contributed by atoms with E-state index >= 15 is 0 Å². The third-order valence-electron chi connectivity index (χ3n) is 3.89. The van der Waals surface area contributed by atoms with E-state index in [1.165, 1.54) is 19.3 Å². The van der Waals surface area contributed by atoms with E-state index in [9.17, 15) is 9.59 Å². The van der Waals surface area contributed by atoms with Crippen molar-refractivity contribution in [1.29, 1.82) is 0 Å². The Morgan fingerprint density at radius 2 is 1.89 bits per heavy atom. The van der Waals surface area contributed by atoms with E-state index in [2.05, 4.69) is 5.32 Å². The summed E-state index contributed by atoms with van der Waals surface area (Å²) in [4.78, 5) is 27.2. The lowest BCUT2D eigenvalue weighted by molar-refractivity contribution is -0.129. The highest BCUT2D eigenvalue weighted by Gasteiger charge is 2.24. The number of hydrogen-bond acceptors (Lipinski definition) is 2. The number of carbonyl (C=O) groups excluding carboxylic acids is 2. The van der Waals surface area contributed by atoms with Gasteiger partial charge < -0.3 is 15.1 Å². The lowest BCUT2D eigenvalue weighted by Gasteiger charge is -2.27. The maximum atomic E-state index is 12.1. The molecule has 0 aromatic rings. The molecule has 1 heterocycles. The number of carbonyl (C=O) groups is 2. The van der Waals surface area contributed by atoms with Crippen LogP contribution in [0.25, 0.3) is 0 Å². The van der Waals surface area contributed by atoms with E-state index in [4.69, 9.17) is 0 Å². The summed E-state index contributed by atoms with van der Waals surface area (Å²) in [5.74, 6) is 0.0336. The second-order valence-corrected chi connectivity index (χ2v) is 5.37. The maximum Gasteiger partial charge on any atom is 0.318 e. The molecule has 2 aliphatic rings. The second kappa shape index (κ2) is 6.07. The Kier molecular flexibility index (Phi) is 4.44. The summed E-state index contributed by atoms with van der Waals surface area (Å²) in [7, 11) is 1.80. The van der Waals surface area contributed by atoms with Gasteiger partial charge in [0.05, 0.1) is 0 Å². The van der Waals surface area contributed by atoms with Gasteiger partial charge in [-0.25, -0.2) is 4.79 Å². The average molecular weight is 253 g/mol. The minimum Gasteiger partial charge on any atom is -0.344 e. The standard InChI is InChI=1S/C13H23N3O2/c1-15-8-5-9-16(10-12(15)17)13(18)14-11-6-3-2-4-7-11/h11H,2-10H2,1H3,(H,14,18). The number of amides is 3. The van der Waals surface area contributed by atoms with E-state index in [1.54, 1.807) is 16.8 Å². The minimum atomic E-state index is -0.0643. The first-order valence-corrected chi connectivity index (χ1v) is 6.96. The molecular weight excluding hydrogens is 230 g/mol. The van der Waals surface area contributed by atoms with Crippen molar-refractivity contribution in [1.82, 2.24) is 15.1 Å². The van der Waals surface area contributed by atoms with Gasteiger partial charge in [-0.3, -0.25) is 4.79 Å². The number of urea groups is 1. The van der Waals surface area contributed by atoms with Gasteiger partial charge in [-0.15, -0.1) is 0 Å². The first-order chi connectivity index (χ1) is 8.66. The Morgan fingerprint density at radius 3 is 2.61 bits per heavy atom. The summed E-state index contributed by atoms with van der Waals surface area (Å²) in [6, 6.07) is 0.243. The topological polar surface area (TPSA) is 52.6 Å². The van der Waals surface area contributed by atoms with Crippen LogP contribution in [0.4, 0.5) is 4.79 Å². The summed E-state index contributed by atoms with van der Waals surface area (Å²) in [6.07, 6.45) is 6.69. The zero-order chi connectivity index (χ0) is 13.0. The Morgan fingerprint density at radius 1 is 1.17 bits per heavy atom. The number of nitrogens with one attached hydrogen (secondary N) is 1. The van der Waals surface area contributed by atoms with Crippen LogP contribution in [0.15, 0.2) is 0 Å². The third kappa shape index (κ3) is 3.37. The van der Waals surface area contributed by atoms with Crippen LogP contribution in [-0.4, -0.2) is 54.5 Å². The molecule has 1 N–H and O–H groups in total. The van der Waals surface area contributed by atoms with Gasteiger partial charge in [-0.2, -0.15) is 0 Å². The van der Waals surface area contributed by atoms with Gasteiger partial charge in [0.25, 0.3) is 0 Å². The summed E-state index contributed by atoms with van der Waals surface area (Å²) >= 11 is 0. The van der Waals surface area contributed by atoms with Gasteiger partial charge in [0.2, 0.25) is 5.91 Å². The SMILES string of the molecule is CN1CCCN(C(=O)NC2CCCCC2)CC1=O. The highest BCUT2D eigenvalue weighted by Crippen LogP contribution is 2.17. The van der Waals surface area contributed by atoms with E-state index < -0.39 is 0 Å². The Balaban J connectivity index is 1.85. The van der Waals surface area contributed by atoms with Gasteiger partial charge in [-0.1, -0.05) is 19.3 Å². The maximum absolute atomic E-state index is 12.1. The third-order valence-corrected chi connectivity index (χ3v) is 3.89. The van der Waals surface area contributed by atoms with E-state index in [1.807, 2.05) is 0 Å². The molecule has 2 rings (SSSR count). The molecule has 0 bridgehead atoms. The van der Waals surface area contributed by atoms with Crippen molar-refractivity contribution in [3.05, 3.63) is 0 Å². The first-order valence-electron chi connectivity index (χ1n) is 6.96. The molecule has 0 aromatic heterocycles. The molecular formula is C13H23N3O2. The van der Waals surface area contributed by atoms with Crippen LogP contribution >= 0.6 is 0 Å². The smallest absolute Gasteiger partial charge is 0.318 e. The molecule has 102 valence electrons. The average Bonchev–Trinajstić information content (AvgIpc) is 2.53. The number of hydrogen-bond donors (Lipinski definition) is 1. The van der Waals surface area contributed by atoms with Crippen LogP contribution < -0.4 is 5.32 Å². The number of likely N-dealkylation sites (N-methyl/N-ethyl adjacent to an activating group) is 1. The van der Waals surface area contributed by atoms with Gasteiger partial charge in [-0.05, 0) is 19.3 Å². The molecule has 2 fully saturated rings. The van der Waals surface area contributed by atoms with Crippen LogP contribution in [0.3, 0.4) is 0 Å². The van der Waals surface area contributed by atoms with Gasteiger partial charge in [0.15, 0.2) is 0 Å². The van der Waals surface area contributed by atoms with E-state index in [0.717, 1.165) is 25.8 Å². The van der Waals surface area contributed by atoms with Crippen molar-refractivity contribution in [3.63, 3.8) is 0 Å². The zero-order valence-corrected chi connectivity index (χ0v) is 11.2. The van der Waals surface area contributed by atoms with Crippen molar-refractivity contribution in [3.8, 4) is 0 Å². The molecule has 1 aliphatic heterocycles. The van der Waals surface area contributed by atoms with Crippen molar-refractivity contribution < 1.29 is 9.59 Å². The van der Waals surface area contributed by atoms with Crippen LogP contribution in [0.2, 0.25) is 0 Å². The highest BCUT2D eigenvalue weighted by molar-refractivity contribution is 5.84. The molecule has 1 aliphatic carbocycles. The molecule has 5 heteroatoms. The molecule has 1 saturated heterocycles. The van der Waals surface area contributed by atoms with Crippen LogP contribution in [-0.2, 0) is 4.79 Å². The van der Waals surface area contributed by atoms with Crippen LogP contribution in [0.1, 0.15) is 38.5 Å².